The van der Waals surface area contributed by atoms with Crippen molar-refractivity contribution in [2.24, 2.45) is 11.7 Å². The summed E-state index contributed by atoms with van der Waals surface area (Å²) < 4.78 is 5.31. The number of methoxy groups -OCH3 is 1. The SMILES string of the molecule is COc1ccc(Cl)cc1CC1CCC1N. The van der Waals surface area contributed by atoms with Crippen molar-refractivity contribution in [2.75, 3.05) is 7.11 Å². The number of hydrogen-bond acceptors (Lipinski definition) is 2. The van der Waals surface area contributed by atoms with Crippen LogP contribution in [0, 0.1) is 5.92 Å². The Morgan fingerprint density at radius 1 is 1.47 bits per heavy atom. The predicted octanol–water partition coefficient (Wildman–Crippen LogP) is 2.63. The molecule has 0 radical (unpaired) electrons. The molecule has 0 bridgehead atoms. The lowest BCUT2D eigenvalue weighted by Crippen LogP contribution is -2.40. The molecule has 0 spiro atoms. The summed E-state index contributed by atoms with van der Waals surface area (Å²) in [5.41, 5.74) is 7.10. The molecular weight excluding hydrogens is 210 g/mol. The van der Waals surface area contributed by atoms with Gasteiger partial charge in [-0.3, -0.25) is 0 Å². The Bertz CT molecular complexity index is 353. The maximum atomic E-state index is 5.97. The van der Waals surface area contributed by atoms with E-state index in [2.05, 4.69) is 0 Å². The van der Waals surface area contributed by atoms with Crippen LogP contribution in [-0.4, -0.2) is 13.2 Å². The summed E-state index contributed by atoms with van der Waals surface area (Å²) in [5.74, 6) is 1.51. The minimum Gasteiger partial charge on any atom is -0.496 e. The van der Waals surface area contributed by atoms with E-state index in [1.54, 1.807) is 7.11 Å². The zero-order chi connectivity index (χ0) is 10.8. The van der Waals surface area contributed by atoms with E-state index in [1.807, 2.05) is 18.2 Å². The third-order valence-corrected chi connectivity index (χ3v) is 3.44. The minimum absolute atomic E-state index is 0.355. The van der Waals surface area contributed by atoms with Crippen LogP contribution in [-0.2, 0) is 6.42 Å². The van der Waals surface area contributed by atoms with Crippen molar-refractivity contribution in [1.82, 2.24) is 0 Å². The number of nitrogens with two attached hydrogens (primary N) is 1. The van der Waals surface area contributed by atoms with Crippen molar-refractivity contribution < 1.29 is 4.74 Å². The van der Waals surface area contributed by atoms with Crippen molar-refractivity contribution in [2.45, 2.75) is 25.3 Å². The van der Waals surface area contributed by atoms with Gasteiger partial charge in [-0.1, -0.05) is 11.6 Å². The van der Waals surface area contributed by atoms with Crippen molar-refractivity contribution in [1.29, 1.82) is 0 Å². The van der Waals surface area contributed by atoms with Crippen LogP contribution in [0.3, 0.4) is 0 Å². The van der Waals surface area contributed by atoms with E-state index < -0.39 is 0 Å². The molecule has 82 valence electrons. The Hall–Kier alpha value is -0.730. The molecular formula is C12H16ClNO. The van der Waals surface area contributed by atoms with E-state index in [0.717, 1.165) is 23.6 Å². The van der Waals surface area contributed by atoms with E-state index in [-0.39, 0.29) is 0 Å². The Morgan fingerprint density at radius 2 is 2.27 bits per heavy atom. The smallest absolute Gasteiger partial charge is 0.122 e. The first-order chi connectivity index (χ1) is 7.20. The molecule has 2 atom stereocenters. The van der Waals surface area contributed by atoms with Crippen molar-refractivity contribution >= 4 is 11.6 Å². The van der Waals surface area contributed by atoms with Gasteiger partial charge in [0.1, 0.15) is 5.75 Å². The second-order valence-electron chi connectivity index (χ2n) is 4.16. The number of hydrogen-bond donors (Lipinski definition) is 1. The Labute approximate surface area is 95.4 Å². The van der Waals surface area contributed by atoms with Crippen LogP contribution in [0.5, 0.6) is 5.75 Å². The second-order valence-corrected chi connectivity index (χ2v) is 4.60. The summed E-state index contributed by atoms with van der Waals surface area (Å²) in [6.45, 7) is 0. The van der Waals surface area contributed by atoms with Gasteiger partial charge in [-0.2, -0.15) is 0 Å². The lowest BCUT2D eigenvalue weighted by atomic mass is 9.76. The number of benzene rings is 1. The molecule has 2 rings (SSSR count). The summed E-state index contributed by atoms with van der Waals surface area (Å²) in [5, 5.41) is 0.763. The lowest BCUT2D eigenvalue weighted by molar-refractivity contribution is 0.253. The van der Waals surface area contributed by atoms with Crippen LogP contribution in [0.2, 0.25) is 5.02 Å². The van der Waals surface area contributed by atoms with E-state index >= 15 is 0 Å². The average molecular weight is 226 g/mol. The Kier molecular flexibility index (Phi) is 3.17. The van der Waals surface area contributed by atoms with Gasteiger partial charge in [0.25, 0.3) is 0 Å². The molecule has 1 saturated carbocycles. The highest BCUT2D eigenvalue weighted by molar-refractivity contribution is 6.30. The van der Waals surface area contributed by atoms with E-state index in [0.29, 0.717) is 12.0 Å². The maximum Gasteiger partial charge on any atom is 0.122 e. The monoisotopic (exact) mass is 225 g/mol. The molecule has 15 heavy (non-hydrogen) atoms. The molecule has 1 aromatic carbocycles. The zero-order valence-corrected chi connectivity index (χ0v) is 9.63. The molecule has 0 aromatic heterocycles. The highest BCUT2D eigenvalue weighted by atomic mass is 35.5. The van der Waals surface area contributed by atoms with Crippen molar-refractivity contribution in [3.63, 3.8) is 0 Å². The largest absolute Gasteiger partial charge is 0.496 e. The van der Waals surface area contributed by atoms with Crippen LogP contribution in [0.25, 0.3) is 0 Å². The van der Waals surface area contributed by atoms with Crippen LogP contribution in [0.4, 0.5) is 0 Å². The Balaban J connectivity index is 2.14. The molecule has 0 saturated heterocycles. The fourth-order valence-corrected chi connectivity index (χ4v) is 2.23. The zero-order valence-electron chi connectivity index (χ0n) is 8.87. The van der Waals surface area contributed by atoms with Gasteiger partial charge in [0.15, 0.2) is 0 Å². The summed E-state index contributed by atoms with van der Waals surface area (Å²) in [7, 11) is 1.69. The third-order valence-electron chi connectivity index (χ3n) is 3.20. The first-order valence-electron chi connectivity index (χ1n) is 5.28. The van der Waals surface area contributed by atoms with Gasteiger partial charge >= 0.3 is 0 Å². The van der Waals surface area contributed by atoms with Gasteiger partial charge < -0.3 is 10.5 Å². The second kappa shape index (κ2) is 4.42. The highest BCUT2D eigenvalue weighted by Crippen LogP contribution is 2.33. The highest BCUT2D eigenvalue weighted by Gasteiger charge is 2.28. The molecule has 0 heterocycles. The number of ether oxygens (including phenoxy) is 1. The molecule has 2 N–H and O–H groups in total. The molecule has 1 aromatic rings. The minimum atomic E-state index is 0.355. The summed E-state index contributed by atoms with van der Waals surface area (Å²) in [6.07, 6.45) is 3.34. The summed E-state index contributed by atoms with van der Waals surface area (Å²) in [4.78, 5) is 0. The molecule has 1 aliphatic carbocycles. The summed E-state index contributed by atoms with van der Waals surface area (Å²) in [6, 6.07) is 6.10. The summed E-state index contributed by atoms with van der Waals surface area (Å²) >= 11 is 5.97. The maximum absolute atomic E-state index is 5.97. The van der Waals surface area contributed by atoms with Gasteiger partial charge in [0, 0.05) is 11.1 Å². The first-order valence-corrected chi connectivity index (χ1v) is 5.66. The lowest BCUT2D eigenvalue weighted by Gasteiger charge is -2.33. The molecule has 1 fully saturated rings. The van der Waals surface area contributed by atoms with Crippen LogP contribution in [0.1, 0.15) is 18.4 Å². The van der Waals surface area contributed by atoms with Gasteiger partial charge in [-0.25, -0.2) is 0 Å². The predicted molar refractivity (Wildman–Crippen MR) is 62.4 cm³/mol. The molecule has 1 aliphatic rings. The van der Waals surface area contributed by atoms with Gasteiger partial charge in [-0.05, 0) is 48.9 Å². The molecule has 0 amide bonds. The fourth-order valence-electron chi connectivity index (χ4n) is 2.04. The first kappa shape index (κ1) is 10.8. The quantitative estimate of drug-likeness (QED) is 0.859. The van der Waals surface area contributed by atoms with Gasteiger partial charge in [0.05, 0.1) is 7.11 Å². The van der Waals surface area contributed by atoms with E-state index in [4.69, 9.17) is 22.1 Å². The van der Waals surface area contributed by atoms with Gasteiger partial charge in [-0.15, -0.1) is 0 Å². The molecule has 2 nitrogen and oxygen atoms in total. The molecule has 3 heteroatoms. The van der Waals surface area contributed by atoms with Crippen molar-refractivity contribution in [3.8, 4) is 5.75 Å². The standard InChI is InChI=1S/C12H16ClNO/c1-15-12-5-3-10(13)7-9(12)6-8-2-4-11(8)14/h3,5,7-8,11H,2,4,6,14H2,1H3. The average Bonchev–Trinajstić information content (AvgIpc) is 2.24. The van der Waals surface area contributed by atoms with E-state index in [1.165, 1.54) is 12.0 Å². The van der Waals surface area contributed by atoms with Crippen molar-refractivity contribution in [3.05, 3.63) is 28.8 Å². The normalized spacial score (nSPS) is 24.7. The third kappa shape index (κ3) is 2.27. The van der Waals surface area contributed by atoms with Crippen LogP contribution < -0.4 is 10.5 Å². The molecule has 2 unspecified atom stereocenters. The number of rotatable bonds is 3. The van der Waals surface area contributed by atoms with Crippen LogP contribution >= 0.6 is 11.6 Å². The molecule has 0 aliphatic heterocycles. The topological polar surface area (TPSA) is 35.2 Å². The Morgan fingerprint density at radius 3 is 2.80 bits per heavy atom. The fraction of sp³-hybridized carbons (Fsp3) is 0.500. The van der Waals surface area contributed by atoms with Gasteiger partial charge in [0.2, 0.25) is 0 Å². The van der Waals surface area contributed by atoms with Crippen LogP contribution in [0.15, 0.2) is 18.2 Å². The van der Waals surface area contributed by atoms with E-state index in [9.17, 15) is 0 Å². The number of halogens is 1.